The smallest absolute Gasteiger partial charge is 0.391 e. The molecule has 2 aromatic heterocycles. The van der Waals surface area contributed by atoms with Gasteiger partial charge in [-0.1, -0.05) is 6.92 Å². The van der Waals surface area contributed by atoms with Crippen LogP contribution in [0.5, 0.6) is 5.88 Å². The van der Waals surface area contributed by atoms with Crippen molar-refractivity contribution in [2.75, 3.05) is 41.4 Å². The Labute approximate surface area is 234 Å². The monoisotopic (exact) mass is 579 g/mol. The number of ether oxygens (including phenoxy) is 3. The van der Waals surface area contributed by atoms with Gasteiger partial charge in [0.2, 0.25) is 11.7 Å². The number of amides is 2. The van der Waals surface area contributed by atoms with Crippen molar-refractivity contribution < 1.29 is 37.0 Å². The number of hydrogen-bond donors (Lipinski definition) is 1. The molecule has 2 saturated heterocycles. The van der Waals surface area contributed by atoms with Gasteiger partial charge in [-0.25, -0.2) is 14.8 Å². The quantitative estimate of drug-likeness (QED) is 0.482. The minimum atomic E-state index is -4.52. The minimum absolute atomic E-state index is 0.157. The molecule has 2 amide bonds. The lowest BCUT2D eigenvalue weighted by molar-refractivity contribution is -0.168. The second-order valence-corrected chi connectivity index (χ2v) is 10.9. The van der Waals surface area contributed by atoms with E-state index in [1.54, 1.807) is 13.0 Å². The van der Waals surface area contributed by atoms with Crippen molar-refractivity contribution in [1.29, 1.82) is 0 Å². The van der Waals surface area contributed by atoms with Crippen molar-refractivity contribution >= 4 is 29.1 Å². The number of piperidine rings is 1. The van der Waals surface area contributed by atoms with Gasteiger partial charge in [-0.05, 0) is 39.7 Å². The van der Waals surface area contributed by atoms with E-state index in [0.717, 1.165) is 13.3 Å². The first-order chi connectivity index (χ1) is 19.3. The summed E-state index contributed by atoms with van der Waals surface area (Å²) in [6, 6.07) is 2.27. The molecule has 12 nitrogen and oxygen atoms in total. The molecule has 2 aromatic rings. The van der Waals surface area contributed by atoms with Gasteiger partial charge in [-0.3, -0.25) is 15.0 Å². The van der Waals surface area contributed by atoms with E-state index in [-0.39, 0.29) is 42.1 Å². The highest BCUT2D eigenvalue weighted by atomic mass is 19.4. The number of anilines is 3. The molecule has 41 heavy (non-hydrogen) atoms. The van der Waals surface area contributed by atoms with Crippen molar-refractivity contribution in [3.63, 3.8) is 0 Å². The first-order valence-electron chi connectivity index (χ1n) is 13.4. The highest BCUT2D eigenvalue weighted by Crippen LogP contribution is 2.40. The lowest BCUT2D eigenvalue weighted by atomic mass is 9.99. The lowest BCUT2D eigenvalue weighted by Gasteiger charge is -2.46. The fourth-order valence-electron chi connectivity index (χ4n) is 5.16. The maximum atomic E-state index is 13.6. The molecule has 3 aliphatic heterocycles. The highest BCUT2D eigenvalue weighted by Gasteiger charge is 2.42. The molecule has 0 spiro atoms. The summed E-state index contributed by atoms with van der Waals surface area (Å²) in [5, 5.41) is 10.8. The third-order valence-corrected chi connectivity index (χ3v) is 7.22. The van der Waals surface area contributed by atoms with E-state index < -0.39 is 36.1 Å². The van der Waals surface area contributed by atoms with Gasteiger partial charge >= 0.3 is 12.2 Å². The minimum Gasteiger partial charge on any atom is -0.474 e. The Bertz CT molecular complexity index is 1310. The number of fused-ring (bicyclic) bond motifs is 4. The molecule has 0 unspecified atom stereocenters. The Hall–Kier alpha value is -3.59. The summed E-state index contributed by atoms with van der Waals surface area (Å²) in [7, 11) is 0. The van der Waals surface area contributed by atoms with Crippen molar-refractivity contribution in [2.45, 2.75) is 71.1 Å². The maximum Gasteiger partial charge on any atom is 0.391 e. The molecule has 3 aliphatic rings. The molecule has 2 bridgehead atoms. The van der Waals surface area contributed by atoms with Crippen LogP contribution in [0.1, 0.15) is 56.3 Å². The van der Waals surface area contributed by atoms with Crippen LogP contribution in [0, 0.1) is 12.8 Å². The Morgan fingerprint density at radius 1 is 1.24 bits per heavy atom. The van der Waals surface area contributed by atoms with Gasteiger partial charge < -0.3 is 19.1 Å². The summed E-state index contributed by atoms with van der Waals surface area (Å²) in [5.74, 6) is -3.14. The van der Waals surface area contributed by atoms with Crippen molar-refractivity contribution in [2.24, 2.45) is 5.92 Å². The van der Waals surface area contributed by atoms with Crippen LogP contribution in [0.3, 0.4) is 0 Å². The van der Waals surface area contributed by atoms with Gasteiger partial charge in [0.25, 0.3) is 0 Å². The zero-order chi connectivity index (χ0) is 29.5. The van der Waals surface area contributed by atoms with Crippen molar-refractivity contribution in [1.82, 2.24) is 20.2 Å². The standard InChI is InChI=1S/C26H32F3N7O5/c1-14(26(27,28)29)10-18(37)22-30-15(2)21-23(32-22)36(16-6-5-9-35(21)11-16)24(38)31-19-7-8-20(34-33-19)39-12-17-13-40-25(3,4)41-17/h7-8,14,16-17H,5-6,9-13H2,1-4H3,(H,31,33,38)/t14-,16-,17+/m0/s1. The van der Waals surface area contributed by atoms with Gasteiger partial charge in [-0.2, -0.15) is 13.2 Å². The molecular formula is C26H32F3N7O5. The van der Waals surface area contributed by atoms with Gasteiger partial charge in [0, 0.05) is 25.6 Å². The predicted octanol–water partition coefficient (Wildman–Crippen LogP) is 3.90. The number of carbonyl (C=O) groups excluding carboxylic acids is 2. The molecule has 222 valence electrons. The first kappa shape index (κ1) is 28.9. The molecule has 0 aromatic carbocycles. The number of rotatable bonds is 7. The van der Waals surface area contributed by atoms with Crippen LogP contribution in [-0.4, -0.2) is 82.4 Å². The summed E-state index contributed by atoms with van der Waals surface area (Å²) in [6.07, 6.45) is -4.06. The molecule has 1 N–H and O–H groups in total. The molecule has 15 heteroatoms. The van der Waals surface area contributed by atoms with E-state index in [9.17, 15) is 22.8 Å². The van der Waals surface area contributed by atoms with E-state index in [1.807, 2.05) is 18.7 Å². The third-order valence-electron chi connectivity index (χ3n) is 7.22. The van der Waals surface area contributed by atoms with Crippen molar-refractivity contribution in [3.05, 3.63) is 23.7 Å². The van der Waals surface area contributed by atoms with Crippen LogP contribution in [0.15, 0.2) is 12.1 Å². The first-order valence-corrected chi connectivity index (χ1v) is 13.4. The van der Waals surface area contributed by atoms with Gasteiger partial charge in [0.05, 0.1) is 24.3 Å². The molecule has 5 rings (SSSR count). The van der Waals surface area contributed by atoms with Crippen LogP contribution in [-0.2, 0) is 9.47 Å². The number of urea groups is 1. The molecule has 5 heterocycles. The molecule has 0 aliphatic carbocycles. The number of halogens is 3. The van der Waals surface area contributed by atoms with Crippen LogP contribution >= 0.6 is 0 Å². The summed E-state index contributed by atoms with van der Waals surface area (Å²) in [4.78, 5) is 38.4. The second kappa shape index (κ2) is 11.0. The van der Waals surface area contributed by atoms with Crippen LogP contribution in [0.25, 0.3) is 0 Å². The van der Waals surface area contributed by atoms with E-state index >= 15 is 0 Å². The second-order valence-electron chi connectivity index (χ2n) is 10.9. The fraction of sp³-hybridized carbons (Fsp3) is 0.615. The zero-order valence-electron chi connectivity index (χ0n) is 23.2. The normalized spacial score (nSPS) is 22.2. The number of carbonyl (C=O) groups is 2. The number of aryl methyl sites for hydroxylation is 1. The average molecular weight is 580 g/mol. The molecule has 3 atom stereocenters. The maximum absolute atomic E-state index is 13.6. The number of nitrogens with zero attached hydrogens (tertiary/aromatic N) is 6. The lowest BCUT2D eigenvalue weighted by Crippen LogP contribution is -2.56. The Morgan fingerprint density at radius 3 is 2.68 bits per heavy atom. The van der Waals surface area contributed by atoms with Crippen LogP contribution in [0.4, 0.5) is 35.3 Å². The predicted molar refractivity (Wildman–Crippen MR) is 140 cm³/mol. The highest BCUT2D eigenvalue weighted by molar-refractivity contribution is 6.04. The van der Waals surface area contributed by atoms with Crippen LogP contribution in [0.2, 0.25) is 0 Å². The Morgan fingerprint density at radius 2 is 2.02 bits per heavy atom. The third kappa shape index (κ3) is 6.35. The van der Waals surface area contributed by atoms with Gasteiger partial charge in [-0.15, -0.1) is 10.2 Å². The SMILES string of the molecule is Cc1nc(C(=O)C[C@H](C)C(F)(F)F)nc2c1N1CCC[C@@H](C1)N2C(=O)Nc1ccc(OC[C@@H]2COC(C)(C)O2)nn1. The molecular weight excluding hydrogens is 547 g/mol. The Balaban J connectivity index is 1.32. The summed E-state index contributed by atoms with van der Waals surface area (Å²) >= 11 is 0. The van der Waals surface area contributed by atoms with E-state index in [1.165, 1.54) is 11.0 Å². The van der Waals surface area contributed by atoms with Gasteiger partial charge in [0.15, 0.2) is 23.2 Å². The number of alkyl halides is 3. The van der Waals surface area contributed by atoms with E-state index in [4.69, 9.17) is 14.2 Å². The number of nitrogens with one attached hydrogen (secondary N) is 1. The van der Waals surface area contributed by atoms with E-state index in [2.05, 4.69) is 25.5 Å². The van der Waals surface area contributed by atoms with Crippen molar-refractivity contribution in [3.8, 4) is 5.88 Å². The summed E-state index contributed by atoms with van der Waals surface area (Å²) in [6.45, 7) is 8.08. The Kier molecular flexibility index (Phi) is 7.76. The molecule has 2 fully saturated rings. The van der Waals surface area contributed by atoms with E-state index in [0.29, 0.717) is 37.5 Å². The fourth-order valence-corrected chi connectivity index (χ4v) is 5.16. The topological polar surface area (TPSA) is 132 Å². The zero-order valence-corrected chi connectivity index (χ0v) is 23.2. The molecule has 0 radical (unpaired) electrons. The number of hydrogen-bond acceptors (Lipinski definition) is 10. The number of aromatic nitrogens is 4. The summed E-state index contributed by atoms with van der Waals surface area (Å²) in [5.41, 5.74) is 0.991. The number of ketones is 1. The summed E-state index contributed by atoms with van der Waals surface area (Å²) < 4.78 is 56.1. The van der Waals surface area contributed by atoms with Gasteiger partial charge in [0.1, 0.15) is 18.4 Å². The van der Waals surface area contributed by atoms with Crippen LogP contribution < -0.4 is 19.9 Å². The number of Topliss-reactive ketones (excluding diaryl/α,β-unsaturated/α-hetero) is 1. The molecule has 0 saturated carbocycles. The largest absolute Gasteiger partial charge is 0.474 e. The average Bonchev–Trinajstić information content (AvgIpc) is 3.25.